The van der Waals surface area contributed by atoms with Crippen LogP contribution in [0.3, 0.4) is 0 Å². The first-order chi connectivity index (χ1) is 14.8. The van der Waals surface area contributed by atoms with E-state index in [1.165, 1.54) is 23.2 Å². The summed E-state index contributed by atoms with van der Waals surface area (Å²) in [5, 5.41) is 16.6. The Morgan fingerprint density at radius 3 is 2.29 bits per heavy atom. The van der Waals surface area contributed by atoms with E-state index >= 15 is 0 Å². The summed E-state index contributed by atoms with van der Waals surface area (Å²) in [4.78, 5) is 39.8. The lowest BCUT2D eigenvalue weighted by atomic mass is 10.1. The SMILES string of the molecule is CC1=NN(c2ccc(Br)cc2)C(=O)/C1=C\c1c(O)n(-c2ccc(Cl)cc2)c(=O)[nH]c1=O. The van der Waals surface area contributed by atoms with Crippen molar-refractivity contribution in [1.29, 1.82) is 0 Å². The molecule has 0 saturated heterocycles. The number of carbonyl (C=O) groups excluding carboxylic acids is 1. The zero-order valence-electron chi connectivity index (χ0n) is 16.0. The van der Waals surface area contributed by atoms with Gasteiger partial charge in [-0.2, -0.15) is 10.1 Å². The van der Waals surface area contributed by atoms with Crippen molar-refractivity contribution < 1.29 is 9.90 Å². The minimum atomic E-state index is -0.831. The summed E-state index contributed by atoms with van der Waals surface area (Å²) >= 11 is 9.22. The van der Waals surface area contributed by atoms with Crippen molar-refractivity contribution in [3.63, 3.8) is 0 Å². The van der Waals surface area contributed by atoms with Crippen molar-refractivity contribution >= 4 is 50.9 Å². The van der Waals surface area contributed by atoms with Crippen LogP contribution in [-0.2, 0) is 4.79 Å². The van der Waals surface area contributed by atoms with Gasteiger partial charge in [0.25, 0.3) is 11.5 Å². The smallest absolute Gasteiger partial charge is 0.335 e. The molecule has 10 heteroatoms. The third-order valence-corrected chi connectivity index (χ3v) is 5.41. The summed E-state index contributed by atoms with van der Waals surface area (Å²) in [7, 11) is 0. The zero-order chi connectivity index (χ0) is 22.3. The number of nitrogens with one attached hydrogen (secondary N) is 1. The molecule has 1 aliphatic heterocycles. The highest BCUT2D eigenvalue weighted by molar-refractivity contribution is 9.10. The number of H-pyrrole nitrogens is 1. The van der Waals surface area contributed by atoms with E-state index in [0.29, 0.717) is 22.1 Å². The first-order valence-electron chi connectivity index (χ1n) is 8.98. The Balaban J connectivity index is 1.81. The number of hydrazone groups is 1. The van der Waals surface area contributed by atoms with E-state index in [-0.39, 0.29) is 11.1 Å². The van der Waals surface area contributed by atoms with Gasteiger partial charge in [0, 0.05) is 9.50 Å². The molecule has 0 saturated carbocycles. The number of hydrogen-bond donors (Lipinski definition) is 2. The van der Waals surface area contributed by atoms with E-state index in [2.05, 4.69) is 26.0 Å². The van der Waals surface area contributed by atoms with Gasteiger partial charge in [0.15, 0.2) is 0 Å². The second-order valence-corrected chi connectivity index (χ2v) is 8.00. The van der Waals surface area contributed by atoms with Crippen LogP contribution in [0.2, 0.25) is 5.02 Å². The van der Waals surface area contributed by atoms with Crippen LogP contribution in [0.1, 0.15) is 12.5 Å². The average molecular weight is 502 g/mol. The quantitative estimate of drug-likeness (QED) is 0.536. The van der Waals surface area contributed by atoms with Crippen LogP contribution in [-0.4, -0.2) is 26.3 Å². The van der Waals surface area contributed by atoms with E-state index in [9.17, 15) is 19.5 Å². The first kappa shape index (κ1) is 20.8. The van der Waals surface area contributed by atoms with Crippen molar-refractivity contribution in [2.75, 3.05) is 5.01 Å². The third kappa shape index (κ3) is 3.85. The number of aromatic hydroxyl groups is 1. The number of aromatic amines is 1. The van der Waals surface area contributed by atoms with Crippen molar-refractivity contribution in [3.8, 4) is 11.6 Å². The topological polar surface area (TPSA) is 108 Å². The summed E-state index contributed by atoms with van der Waals surface area (Å²) < 4.78 is 1.77. The molecule has 156 valence electrons. The molecular weight excluding hydrogens is 488 g/mol. The molecule has 0 fully saturated rings. The predicted octanol–water partition coefficient (Wildman–Crippen LogP) is 3.45. The van der Waals surface area contributed by atoms with Crippen molar-refractivity contribution in [2.45, 2.75) is 6.92 Å². The van der Waals surface area contributed by atoms with Crippen LogP contribution in [0.25, 0.3) is 11.8 Å². The fourth-order valence-electron chi connectivity index (χ4n) is 3.08. The van der Waals surface area contributed by atoms with Gasteiger partial charge in [-0.3, -0.25) is 14.6 Å². The zero-order valence-corrected chi connectivity index (χ0v) is 18.3. The molecule has 4 rings (SSSR count). The number of halogens is 2. The van der Waals surface area contributed by atoms with Crippen LogP contribution in [0.4, 0.5) is 5.69 Å². The fraction of sp³-hybridized carbons (Fsp3) is 0.0476. The molecule has 0 radical (unpaired) electrons. The summed E-state index contributed by atoms with van der Waals surface area (Å²) in [5.74, 6) is -1.07. The van der Waals surface area contributed by atoms with Gasteiger partial charge < -0.3 is 5.11 Å². The predicted molar refractivity (Wildman–Crippen MR) is 122 cm³/mol. The van der Waals surface area contributed by atoms with Gasteiger partial charge in [0.2, 0.25) is 5.88 Å². The summed E-state index contributed by atoms with van der Waals surface area (Å²) in [5.41, 5.74) is -0.594. The van der Waals surface area contributed by atoms with Crippen LogP contribution < -0.4 is 16.3 Å². The molecule has 0 spiro atoms. The highest BCUT2D eigenvalue weighted by atomic mass is 79.9. The molecule has 2 heterocycles. The molecule has 31 heavy (non-hydrogen) atoms. The van der Waals surface area contributed by atoms with Crippen LogP contribution in [0.15, 0.2) is 73.3 Å². The Hall–Kier alpha value is -3.43. The van der Waals surface area contributed by atoms with Gasteiger partial charge in [0.1, 0.15) is 5.56 Å². The average Bonchev–Trinajstić information content (AvgIpc) is 3.01. The number of amides is 1. The molecular formula is C21H14BrClN4O4. The number of benzene rings is 2. The summed E-state index contributed by atoms with van der Waals surface area (Å²) in [6.07, 6.45) is 1.22. The Bertz CT molecular complexity index is 1370. The summed E-state index contributed by atoms with van der Waals surface area (Å²) in [6, 6.07) is 13.1. The molecule has 8 nitrogen and oxygen atoms in total. The van der Waals surface area contributed by atoms with Gasteiger partial charge in [-0.1, -0.05) is 27.5 Å². The third-order valence-electron chi connectivity index (χ3n) is 4.63. The maximum Gasteiger partial charge on any atom is 0.335 e. The van der Waals surface area contributed by atoms with Crippen molar-refractivity contribution in [1.82, 2.24) is 9.55 Å². The highest BCUT2D eigenvalue weighted by Gasteiger charge is 2.29. The molecule has 1 aromatic heterocycles. The van der Waals surface area contributed by atoms with E-state index in [0.717, 1.165) is 9.04 Å². The van der Waals surface area contributed by atoms with Gasteiger partial charge in [-0.15, -0.1) is 0 Å². The maximum absolute atomic E-state index is 12.9. The van der Waals surface area contributed by atoms with Crippen LogP contribution in [0.5, 0.6) is 5.88 Å². The van der Waals surface area contributed by atoms with Gasteiger partial charge in [0.05, 0.1) is 22.7 Å². The lowest BCUT2D eigenvalue weighted by Crippen LogP contribution is -2.30. The van der Waals surface area contributed by atoms with Crippen molar-refractivity contribution in [2.24, 2.45) is 5.10 Å². The number of nitrogens with zero attached hydrogens (tertiary/aromatic N) is 3. The Labute approximate surface area is 188 Å². The fourth-order valence-corrected chi connectivity index (χ4v) is 3.47. The van der Waals surface area contributed by atoms with Gasteiger partial charge in [-0.25, -0.2) is 9.36 Å². The molecule has 2 aromatic carbocycles. The van der Waals surface area contributed by atoms with E-state index in [1.54, 1.807) is 43.3 Å². The second-order valence-electron chi connectivity index (χ2n) is 6.65. The van der Waals surface area contributed by atoms with Crippen LogP contribution in [0, 0.1) is 0 Å². The van der Waals surface area contributed by atoms with E-state index in [4.69, 9.17) is 11.6 Å². The minimum Gasteiger partial charge on any atom is -0.494 e. The second kappa shape index (κ2) is 8.01. The molecule has 0 aliphatic carbocycles. The molecule has 1 aliphatic rings. The molecule has 3 aromatic rings. The molecule has 1 amide bonds. The number of carbonyl (C=O) groups is 1. The largest absolute Gasteiger partial charge is 0.494 e. The molecule has 0 atom stereocenters. The van der Waals surface area contributed by atoms with Crippen LogP contribution >= 0.6 is 27.5 Å². The van der Waals surface area contributed by atoms with Crippen molar-refractivity contribution in [3.05, 3.63) is 90.0 Å². The monoisotopic (exact) mass is 500 g/mol. The normalized spacial score (nSPS) is 14.9. The number of anilines is 1. The number of aromatic nitrogens is 2. The Kier molecular flexibility index (Phi) is 5.38. The Morgan fingerprint density at radius 2 is 1.65 bits per heavy atom. The molecule has 0 bridgehead atoms. The maximum atomic E-state index is 12.9. The van der Waals surface area contributed by atoms with E-state index < -0.39 is 23.0 Å². The lowest BCUT2D eigenvalue weighted by molar-refractivity contribution is -0.114. The lowest BCUT2D eigenvalue weighted by Gasteiger charge is -2.12. The van der Waals surface area contributed by atoms with Gasteiger partial charge >= 0.3 is 5.69 Å². The molecule has 0 unspecified atom stereocenters. The molecule has 2 N–H and O–H groups in total. The highest BCUT2D eigenvalue weighted by Crippen LogP contribution is 2.27. The number of rotatable bonds is 3. The Morgan fingerprint density at radius 1 is 1.03 bits per heavy atom. The standard InChI is InChI=1S/C21H14BrClN4O4/c1-11-16(20(30)27(25-11)15-6-2-12(22)3-7-15)10-17-18(28)24-21(31)26(19(17)29)14-8-4-13(23)5-9-14/h2-10,29H,1H3,(H,24,28,31)/b16-10-. The number of hydrogen-bond acceptors (Lipinski definition) is 5. The summed E-state index contributed by atoms with van der Waals surface area (Å²) in [6.45, 7) is 1.61. The van der Waals surface area contributed by atoms with E-state index in [1.807, 2.05) is 0 Å². The van der Waals surface area contributed by atoms with Gasteiger partial charge in [-0.05, 0) is 61.5 Å². The minimum absolute atomic E-state index is 0.116. The first-order valence-corrected chi connectivity index (χ1v) is 10.1.